The number of hydrogen-bond acceptors (Lipinski definition) is 4. The third-order valence-electron chi connectivity index (χ3n) is 3.63. The van der Waals surface area contributed by atoms with Gasteiger partial charge in [-0.3, -0.25) is 4.79 Å². The molecule has 112 valence electrons. The molecule has 21 heavy (non-hydrogen) atoms. The van der Waals surface area contributed by atoms with Crippen LogP contribution in [0.25, 0.3) is 0 Å². The number of halogens is 1. The van der Waals surface area contributed by atoms with Gasteiger partial charge in [-0.1, -0.05) is 19.3 Å². The van der Waals surface area contributed by atoms with Crippen molar-refractivity contribution >= 4 is 23.4 Å². The topological polar surface area (TPSA) is 78.9 Å². The highest BCUT2D eigenvalue weighted by atomic mass is 32.2. The van der Waals surface area contributed by atoms with Crippen molar-refractivity contribution < 1.29 is 9.18 Å². The van der Waals surface area contributed by atoms with Crippen LogP contribution in [0.2, 0.25) is 0 Å². The Labute approximate surface area is 127 Å². The Balaban J connectivity index is 1.93. The maximum Gasteiger partial charge on any atom is 0.231 e. The molecule has 0 spiro atoms. The number of nitrogens with one attached hydrogen (secondary N) is 1. The van der Waals surface area contributed by atoms with Crippen LogP contribution in [-0.2, 0) is 4.79 Å². The highest BCUT2D eigenvalue weighted by Gasteiger charge is 2.33. The van der Waals surface area contributed by atoms with Crippen LogP contribution < -0.4 is 11.1 Å². The van der Waals surface area contributed by atoms with E-state index in [4.69, 9.17) is 5.73 Å². The zero-order valence-corrected chi connectivity index (χ0v) is 12.5. The number of nitrogen functional groups attached to an aromatic ring is 1. The van der Waals surface area contributed by atoms with Gasteiger partial charge in [-0.15, -0.1) is 11.8 Å². The molecule has 2 rings (SSSR count). The number of nitrogens with two attached hydrogens (primary N) is 1. The van der Waals surface area contributed by atoms with E-state index in [-0.39, 0.29) is 17.5 Å². The Morgan fingerprint density at radius 2 is 2.14 bits per heavy atom. The number of amides is 1. The van der Waals surface area contributed by atoms with Crippen molar-refractivity contribution in [3.63, 3.8) is 0 Å². The first-order valence-electron chi connectivity index (χ1n) is 6.95. The summed E-state index contributed by atoms with van der Waals surface area (Å²) < 4.78 is 13.1. The van der Waals surface area contributed by atoms with Crippen LogP contribution >= 0.6 is 11.8 Å². The maximum atomic E-state index is 13.1. The Bertz CT molecular complexity index is 565. The average molecular weight is 307 g/mol. The zero-order chi connectivity index (χ0) is 15.3. The van der Waals surface area contributed by atoms with E-state index in [0.717, 1.165) is 19.3 Å². The molecule has 0 aromatic heterocycles. The smallest absolute Gasteiger partial charge is 0.231 e. The molecule has 1 aliphatic rings. The van der Waals surface area contributed by atoms with E-state index < -0.39 is 5.54 Å². The molecule has 1 amide bonds. The van der Waals surface area contributed by atoms with Crippen molar-refractivity contribution in [2.75, 3.05) is 11.5 Å². The molecule has 0 heterocycles. The van der Waals surface area contributed by atoms with Crippen LogP contribution in [0.5, 0.6) is 0 Å². The number of hydrogen-bond donors (Lipinski definition) is 2. The molecular formula is C15H18FN3OS. The van der Waals surface area contributed by atoms with Gasteiger partial charge in [-0.05, 0) is 31.0 Å². The summed E-state index contributed by atoms with van der Waals surface area (Å²) >= 11 is 1.18. The molecule has 0 aliphatic heterocycles. The quantitative estimate of drug-likeness (QED) is 0.662. The van der Waals surface area contributed by atoms with Gasteiger partial charge in [0.2, 0.25) is 5.91 Å². The van der Waals surface area contributed by atoms with Gasteiger partial charge in [-0.25, -0.2) is 4.39 Å². The van der Waals surface area contributed by atoms with Gasteiger partial charge >= 0.3 is 0 Å². The highest BCUT2D eigenvalue weighted by molar-refractivity contribution is 8.00. The summed E-state index contributed by atoms with van der Waals surface area (Å²) in [6.45, 7) is 0. The molecule has 0 bridgehead atoms. The second-order valence-electron chi connectivity index (χ2n) is 5.27. The third-order valence-corrected chi connectivity index (χ3v) is 4.71. The first-order valence-corrected chi connectivity index (χ1v) is 7.93. The lowest BCUT2D eigenvalue weighted by atomic mass is 9.83. The molecule has 1 aliphatic carbocycles. The summed E-state index contributed by atoms with van der Waals surface area (Å²) in [7, 11) is 0. The predicted molar refractivity (Wildman–Crippen MR) is 81.1 cm³/mol. The van der Waals surface area contributed by atoms with Gasteiger partial charge in [-0.2, -0.15) is 5.26 Å². The van der Waals surface area contributed by atoms with Gasteiger partial charge < -0.3 is 11.1 Å². The number of benzene rings is 1. The standard InChI is InChI=1S/C15H18FN3OS/c16-11-4-5-12(18)13(8-11)21-9-14(20)19-15(10-17)6-2-1-3-7-15/h4-5,8H,1-3,6-7,9,18H2,(H,19,20). The molecule has 1 aromatic carbocycles. The molecule has 1 aromatic rings. The lowest BCUT2D eigenvalue weighted by molar-refractivity contribution is -0.120. The molecule has 1 fully saturated rings. The second kappa shape index (κ2) is 6.81. The highest BCUT2D eigenvalue weighted by Crippen LogP contribution is 2.29. The number of nitriles is 1. The van der Waals surface area contributed by atoms with Crippen LogP contribution in [0.15, 0.2) is 23.1 Å². The van der Waals surface area contributed by atoms with E-state index in [2.05, 4.69) is 11.4 Å². The van der Waals surface area contributed by atoms with E-state index in [1.165, 1.54) is 30.0 Å². The van der Waals surface area contributed by atoms with E-state index in [1.54, 1.807) is 0 Å². The fourth-order valence-corrected chi connectivity index (χ4v) is 3.29. The molecule has 0 unspecified atom stereocenters. The Morgan fingerprint density at radius 3 is 2.81 bits per heavy atom. The van der Waals surface area contributed by atoms with Gasteiger partial charge in [0, 0.05) is 10.6 Å². The van der Waals surface area contributed by atoms with E-state index in [0.29, 0.717) is 23.4 Å². The third kappa shape index (κ3) is 4.11. The van der Waals surface area contributed by atoms with E-state index in [1.807, 2.05) is 0 Å². The van der Waals surface area contributed by atoms with Crippen molar-refractivity contribution in [1.82, 2.24) is 5.32 Å². The second-order valence-corrected chi connectivity index (χ2v) is 6.29. The van der Waals surface area contributed by atoms with Crippen molar-refractivity contribution in [2.45, 2.75) is 42.5 Å². The molecular weight excluding hydrogens is 289 g/mol. The monoisotopic (exact) mass is 307 g/mol. The summed E-state index contributed by atoms with van der Waals surface area (Å²) in [4.78, 5) is 12.6. The predicted octanol–water partition coefficient (Wildman–Crippen LogP) is 2.84. The number of carbonyl (C=O) groups is 1. The summed E-state index contributed by atoms with van der Waals surface area (Å²) in [5.41, 5.74) is 5.45. The van der Waals surface area contributed by atoms with Crippen molar-refractivity contribution in [1.29, 1.82) is 5.26 Å². The van der Waals surface area contributed by atoms with Crippen LogP contribution in [-0.4, -0.2) is 17.2 Å². The molecule has 1 saturated carbocycles. The maximum absolute atomic E-state index is 13.1. The largest absolute Gasteiger partial charge is 0.398 e. The first kappa shape index (κ1) is 15.6. The van der Waals surface area contributed by atoms with Crippen LogP contribution in [0, 0.1) is 17.1 Å². The molecule has 0 atom stereocenters. The number of rotatable bonds is 4. The number of carbonyl (C=O) groups excluding carboxylic acids is 1. The normalized spacial score (nSPS) is 17.0. The van der Waals surface area contributed by atoms with Gasteiger partial charge in [0.25, 0.3) is 0 Å². The number of anilines is 1. The summed E-state index contributed by atoms with van der Waals surface area (Å²) in [5.74, 6) is -0.475. The molecule has 0 saturated heterocycles. The minimum atomic E-state index is -0.733. The average Bonchev–Trinajstić information content (AvgIpc) is 2.49. The molecule has 4 nitrogen and oxygen atoms in total. The summed E-state index contributed by atoms with van der Waals surface area (Å²) in [5, 5.41) is 12.1. The van der Waals surface area contributed by atoms with Crippen LogP contribution in [0.1, 0.15) is 32.1 Å². The van der Waals surface area contributed by atoms with Crippen molar-refractivity contribution in [2.24, 2.45) is 0 Å². The lowest BCUT2D eigenvalue weighted by Crippen LogP contribution is -2.49. The first-order chi connectivity index (χ1) is 10.0. The van der Waals surface area contributed by atoms with Gasteiger partial charge in [0.15, 0.2) is 0 Å². The van der Waals surface area contributed by atoms with Crippen LogP contribution in [0.4, 0.5) is 10.1 Å². The fraction of sp³-hybridized carbons (Fsp3) is 0.467. The fourth-order valence-electron chi connectivity index (χ4n) is 2.50. The van der Waals surface area contributed by atoms with Crippen molar-refractivity contribution in [3.8, 4) is 6.07 Å². The molecule has 6 heteroatoms. The van der Waals surface area contributed by atoms with Crippen molar-refractivity contribution in [3.05, 3.63) is 24.0 Å². The van der Waals surface area contributed by atoms with E-state index in [9.17, 15) is 14.4 Å². The van der Waals surface area contributed by atoms with E-state index >= 15 is 0 Å². The Morgan fingerprint density at radius 1 is 1.43 bits per heavy atom. The SMILES string of the molecule is N#CC1(NC(=O)CSc2cc(F)ccc2N)CCCCC1. The summed E-state index contributed by atoms with van der Waals surface area (Å²) in [6.07, 6.45) is 4.41. The minimum absolute atomic E-state index is 0.122. The van der Waals surface area contributed by atoms with Gasteiger partial charge in [0.05, 0.1) is 11.8 Å². The zero-order valence-electron chi connectivity index (χ0n) is 11.7. The Kier molecular flexibility index (Phi) is 5.07. The minimum Gasteiger partial charge on any atom is -0.398 e. The molecule has 3 N–H and O–H groups in total. The number of thioether (sulfide) groups is 1. The van der Waals surface area contributed by atoms with Crippen LogP contribution in [0.3, 0.4) is 0 Å². The Hall–Kier alpha value is -1.74. The summed E-state index contributed by atoms with van der Waals surface area (Å²) in [6, 6.07) is 6.32. The molecule has 0 radical (unpaired) electrons. The van der Waals surface area contributed by atoms with Gasteiger partial charge in [0.1, 0.15) is 11.4 Å². The number of nitrogens with zero attached hydrogens (tertiary/aromatic N) is 1. The lowest BCUT2D eigenvalue weighted by Gasteiger charge is -2.31.